The molecule has 1 aromatic carbocycles. The zero-order valence-corrected chi connectivity index (χ0v) is 29.3. The standard InChI is InChI=1S/C31H37F4N7O6.C2H6/c1-17-12-19(31(33,34)35)13-23(36-17)42-22(10-11-25(42)44)28(45)40(6)21-9-7-8-20(32)26(21)39(5)16-24(43)37-27(38-47)18-14-41(15-18)29(46)48-30(2,3)4;1-2/h7-9,12-13,18,22,47H,10-11,14-16H2,1-6H3,(H,37,38,43);1-2H3. The lowest BCUT2D eigenvalue weighted by Gasteiger charge is -2.39. The van der Waals surface area contributed by atoms with Gasteiger partial charge < -0.3 is 30.0 Å². The number of likely N-dealkylation sites (N-methyl/N-ethyl adjacent to an activating group) is 2. The number of rotatable bonds is 7. The summed E-state index contributed by atoms with van der Waals surface area (Å²) in [6.07, 6.45) is -5.41. The van der Waals surface area contributed by atoms with Gasteiger partial charge in [0.2, 0.25) is 17.7 Å². The molecule has 4 rings (SSSR count). The van der Waals surface area contributed by atoms with Gasteiger partial charge in [-0.3, -0.25) is 19.3 Å². The van der Waals surface area contributed by atoms with Crippen LogP contribution >= 0.6 is 0 Å². The number of oxime groups is 1. The first-order valence-electron chi connectivity index (χ1n) is 16.0. The van der Waals surface area contributed by atoms with Crippen LogP contribution < -0.4 is 20.0 Å². The molecule has 0 aliphatic carbocycles. The van der Waals surface area contributed by atoms with Crippen molar-refractivity contribution in [3.63, 3.8) is 0 Å². The third-order valence-electron chi connectivity index (χ3n) is 7.73. The van der Waals surface area contributed by atoms with Crippen molar-refractivity contribution in [1.82, 2.24) is 15.2 Å². The van der Waals surface area contributed by atoms with Crippen LogP contribution in [0.15, 0.2) is 35.5 Å². The number of carbonyl (C=O) groups is 4. The zero-order valence-electron chi connectivity index (χ0n) is 29.3. The van der Waals surface area contributed by atoms with Gasteiger partial charge in [0.25, 0.3) is 0 Å². The molecule has 50 heavy (non-hydrogen) atoms. The van der Waals surface area contributed by atoms with Crippen LogP contribution in [0.4, 0.5) is 39.5 Å². The summed E-state index contributed by atoms with van der Waals surface area (Å²) >= 11 is 0. The smallest absolute Gasteiger partial charge is 0.416 e. The van der Waals surface area contributed by atoms with Gasteiger partial charge in [0.05, 0.1) is 29.4 Å². The van der Waals surface area contributed by atoms with Crippen molar-refractivity contribution in [3.8, 4) is 0 Å². The highest BCUT2D eigenvalue weighted by Gasteiger charge is 2.42. The number of likely N-dealkylation sites (tertiary alicyclic amines) is 1. The van der Waals surface area contributed by atoms with Crippen molar-refractivity contribution >= 4 is 46.8 Å². The predicted molar refractivity (Wildman–Crippen MR) is 178 cm³/mol. The number of alkyl halides is 3. The van der Waals surface area contributed by atoms with Crippen LogP contribution in [-0.2, 0) is 25.3 Å². The highest BCUT2D eigenvalue weighted by Crippen LogP contribution is 2.36. The number of pyridine rings is 1. The maximum absolute atomic E-state index is 15.3. The average Bonchev–Trinajstić information content (AvgIpc) is 3.39. The fourth-order valence-corrected chi connectivity index (χ4v) is 5.45. The number of nitrogens with zero attached hydrogens (tertiary/aromatic N) is 6. The lowest BCUT2D eigenvalue weighted by atomic mass is 9.99. The Morgan fingerprint density at radius 1 is 1.12 bits per heavy atom. The Morgan fingerprint density at radius 3 is 2.34 bits per heavy atom. The number of benzene rings is 1. The van der Waals surface area contributed by atoms with Crippen LogP contribution in [0.3, 0.4) is 0 Å². The molecule has 2 saturated heterocycles. The van der Waals surface area contributed by atoms with Crippen molar-refractivity contribution < 1.29 is 46.7 Å². The number of hydrogen-bond donors (Lipinski definition) is 2. The van der Waals surface area contributed by atoms with Gasteiger partial charge in [-0.25, -0.2) is 14.2 Å². The first kappa shape index (κ1) is 39.5. The number of amidine groups is 1. The maximum atomic E-state index is 15.3. The van der Waals surface area contributed by atoms with E-state index < -0.39 is 65.5 Å². The van der Waals surface area contributed by atoms with Crippen molar-refractivity contribution in [2.45, 2.75) is 72.2 Å². The Hall–Kier alpha value is -4.96. The summed E-state index contributed by atoms with van der Waals surface area (Å²) in [4.78, 5) is 60.5. The summed E-state index contributed by atoms with van der Waals surface area (Å²) in [6, 6.07) is 4.18. The van der Waals surface area contributed by atoms with E-state index in [0.29, 0.717) is 6.07 Å². The molecule has 1 aromatic heterocycles. The number of carbonyl (C=O) groups excluding carboxylic acids is 4. The van der Waals surface area contributed by atoms with Crippen LogP contribution in [0.5, 0.6) is 0 Å². The summed E-state index contributed by atoms with van der Waals surface area (Å²) in [5.74, 6) is -3.70. The molecule has 1 atom stereocenters. The van der Waals surface area contributed by atoms with E-state index in [1.807, 2.05) is 13.8 Å². The van der Waals surface area contributed by atoms with Gasteiger partial charge in [0.1, 0.15) is 23.3 Å². The number of para-hydroxylation sites is 1. The summed E-state index contributed by atoms with van der Waals surface area (Å²) in [6.45, 7) is 10.3. The quantitative estimate of drug-likeness (QED) is 0.135. The number of ether oxygens (including phenoxy) is 1. The summed E-state index contributed by atoms with van der Waals surface area (Å²) in [7, 11) is 2.72. The number of anilines is 3. The summed E-state index contributed by atoms with van der Waals surface area (Å²) < 4.78 is 61.2. The minimum absolute atomic E-state index is 0.00141. The van der Waals surface area contributed by atoms with E-state index >= 15 is 4.39 Å². The Labute approximate surface area is 287 Å². The number of aryl methyl sites for hydroxylation is 1. The van der Waals surface area contributed by atoms with Crippen molar-refractivity contribution in [3.05, 3.63) is 47.4 Å². The minimum Gasteiger partial charge on any atom is -0.444 e. The molecular weight excluding hydrogens is 666 g/mol. The van der Waals surface area contributed by atoms with Crippen molar-refractivity contribution in [2.75, 3.05) is 48.4 Å². The molecule has 0 bridgehead atoms. The molecule has 3 heterocycles. The van der Waals surface area contributed by atoms with E-state index in [4.69, 9.17) is 4.74 Å². The number of halogens is 4. The van der Waals surface area contributed by atoms with Crippen LogP contribution in [0.1, 0.15) is 58.7 Å². The second-order valence-electron chi connectivity index (χ2n) is 12.6. The molecule has 17 heteroatoms. The van der Waals surface area contributed by atoms with Crippen LogP contribution in [-0.4, -0.2) is 90.1 Å². The highest BCUT2D eigenvalue weighted by molar-refractivity contribution is 6.09. The minimum atomic E-state index is -4.71. The number of hydrogen-bond acceptors (Lipinski definition) is 9. The van der Waals surface area contributed by atoms with Gasteiger partial charge in [-0.1, -0.05) is 25.1 Å². The molecule has 2 aliphatic rings. The molecule has 0 saturated carbocycles. The lowest BCUT2D eigenvalue weighted by Crippen LogP contribution is -2.57. The maximum Gasteiger partial charge on any atom is 0.416 e. The molecule has 13 nitrogen and oxygen atoms in total. The Morgan fingerprint density at radius 2 is 1.76 bits per heavy atom. The second-order valence-corrected chi connectivity index (χ2v) is 12.6. The lowest BCUT2D eigenvalue weighted by molar-refractivity contribution is -0.137. The largest absolute Gasteiger partial charge is 0.444 e. The number of aromatic nitrogens is 1. The van der Waals surface area contributed by atoms with E-state index in [1.54, 1.807) is 20.8 Å². The monoisotopic (exact) mass is 709 g/mol. The summed E-state index contributed by atoms with van der Waals surface area (Å²) in [5.41, 5.74) is -1.87. The van der Waals surface area contributed by atoms with E-state index in [0.717, 1.165) is 21.9 Å². The Balaban J connectivity index is 0.00000332. The van der Waals surface area contributed by atoms with Crippen LogP contribution in [0.2, 0.25) is 0 Å². The molecule has 0 radical (unpaired) electrons. The van der Waals surface area contributed by atoms with Crippen molar-refractivity contribution in [2.24, 2.45) is 11.1 Å². The molecule has 0 spiro atoms. The first-order valence-corrected chi connectivity index (χ1v) is 16.0. The van der Waals surface area contributed by atoms with Crippen LogP contribution in [0, 0.1) is 18.7 Å². The van der Waals surface area contributed by atoms with Gasteiger partial charge in [0.15, 0.2) is 5.84 Å². The van der Waals surface area contributed by atoms with E-state index in [1.165, 1.54) is 43.0 Å². The van der Waals surface area contributed by atoms with Gasteiger partial charge in [-0.15, -0.1) is 0 Å². The highest BCUT2D eigenvalue weighted by atomic mass is 19.4. The summed E-state index contributed by atoms with van der Waals surface area (Å²) in [5, 5.41) is 15.1. The SMILES string of the molecule is CC.Cc1cc(C(F)(F)F)cc(N2C(=O)CCC2C(=O)N(C)c2cccc(F)c2N(C)CC(=O)N/C(=N\O)C2CN(C(=O)OC(C)(C)C)C2)n1. The second kappa shape index (κ2) is 15.7. The molecule has 2 aromatic rings. The molecular formula is C33H43F4N7O6. The van der Waals surface area contributed by atoms with Gasteiger partial charge in [0, 0.05) is 39.3 Å². The zero-order chi connectivity index (χ0) is 37.7. The molecule has 4 amide bonds. The molecule has 2 fully saturated rings. The molecule has 2 aliphatic heterocycles. The molecule has 2 N–H and O–H groups in total. The fourth-order valence-electron chi connectivity index (χ4n) is 5.45. The topological polar surface area (TPSA) is 148 Å². The van der Waals surface area contributed by atoms with Crippen molar-refractivity contribution in [1.29, 1.82) is 0 Å². The van der Waals surface area contributed by atoms with Gasteiger partial charge in [-0.2, -0.15) is 13.2 Å². The van der Waals surface area contributed by atoms with Gasteiger partial charge in [-0.05, 0) is 58.4 Å². The number of nitrogens with one attached hydrogen (secondary N) is 1. The third kappa shape index (κ3) is 9.18. The molecule has 1 unspecified atom stereocenters. The Kier molecular flexibility index (Phi) is 12.4. The normalized spacial score (nSPS) is 16.7. The average molecular weight is 710 g/mol. The third-order valence-corrected chi connectivity index (χ3v) is 7.73. The fraction of sp³-hybridized carbons (Fsp3) is 0.515. The van der Waals surface area contributed by atoms with Crippen LogP contribution in [0.25, 0.3) is 0 Å². The van der Waals surface area contributed by atoms with E-state index in [-0.39, 0.29) is 54.7 Å². The van der Waals surface area contributed by atoms with E-state index in [9.17, 15) is 37.6 Å². The predicted octanol–water partition coefficient (Wildman–Crippen LogP) is 4.94. The van der Waals surface area contributed by atoms with Gasteiger partial charge >= 0.3 is 12.3 Å². The number of amides is 4. The Bertz CT molecular complexity index is 1620. The van der Waals surface area contributed by atoms with E-state index in [2.05, 4.69) is 15.5 Å². The molecule has 274 valence electrons. The first-order chi connectivity index (χ1) is 23.3.